The first-order valence-corrected chi connectivity index (χ1v) is 17.7. The molecule has 3 fully saturated rings. The van der Waals surface area contributed by atoms with E-state index in [9.17, 15) is 10.2 Å². The molecular formula is C38H48FN5O5. The van der Waals surface area contributed by atoms with Crippen LogP contribution in [0.1, 0.15) is 57.9 Å². The summed E-state index contributed by atoms with van der Waals surface area (Å²) in [5, 5.41) is 22.9. The third kappa shape index (κ3) is 7.17. The lowest BCUT2D eigenvalue weighted by Crippen LogP contribution is -2.46. The maximum atomic E-state index is 17.1. The van der Waals surface area contributed by atoms with E-state index >= 15 is 4.39 Å². The summed E-state index contributed by atoms with van der Waals surface area (Å²) in [5.74, 6) is 0.907. The largest absolute Gasteiger partial charge is 0.468 e. The van der Waals surface area contributed by atoms with E-state index in [1.54, 1.807) is 13.3 Å². The van der Waals surface area contributed by atoms with Gasteiger partial charge in [0.25, 0.3) is 0 Å². The van der Waals surface area contributed by atoms with E-state index in [4.69, 9.17) is 29.2 Å². The molecule has 262 valence electrons. The number of methoxy groups -OCH3 is 1. The predicted molar refractivity (Wildman–Crippen MR) is 188 cm³/mol. The minimum atomic E-state index is -0.901. The fourth-order valence-electron chi connectivity index (χ4n) is 7.63. The number of halogens is 1. The van der Waals surface area contributed by atoms with Crippen molar-refractivity contribution in [2.75, 3.05) is 64.7 Å². The van der Waals surface area contributed by atoms with E-state index in [-0.39, 0.29) is 36.0 Å². The van der Waals surface area contributed by atoms with Gasteiger partial charge in [0.05, 0.1) is 17.6 Å². The zero-order valence-corrected chi connectivity index (χ0v) is 28.9. The van der Waals surface area contributed by atoms with E-state index in [0.29, 0.717) is 54.6 Å². The van der Waals surface area contributed by atoms with Gasteiger partial charge in [-0.3, -0.25) is 4.98 Å². The van der Waals surface area contributed by atoms with Crippen LogP contribution in [-0.2, 0) is 11.2 Å². The van der Waals surface area contributed by atoms with Crippen LogP contribution >= 0.6 is 0 Å². The highest BCUT2D eigenvalue weighted by Gasteiger charge is 2.45. The van der Waals surface area contributed by atoms with Crippen LogP contribution in [0.2, 0.25) is 0 Å². The van der Waals surface area contributed by atoms with Gasteiger partial charge in [0.1, 0.15) is 22.8 Å². The number of pyridine rings is 1. The number of anilines is 1. The first-order chi connectivity index (χ1) is 23.7. The number of β-amino-alcohol motifs (C(OH)–C–C–N with tert-alkyl or cyclic N) is 1. The highest BCUT2D eigenvalue weighted by molar-refractivity contribution is 6.01. The predicted octanol–water partition coefficient (Wildman–Crippen LogP) is 5.74. The van der Waals surface area contributed by atoms with Crippen LogP contribution in [0.25, 0.3) is 32.9 Å². The second-order valence-electron chi connectivity index (χ2n) is 14.6. The van der Waals surface area contributed by atoms with E-state index in [2.05, 4.69) is 17.9 Å². The zero-order chi connectivity index (χ0) is 34.2. The van der Waals surface area contributed by atoms with Gasteiger partial charge in [0.2, 0.25) is 0 Å². The van der Waals surface area contributed by atoms with Crippen molar-refractivity contribution in [3.05, 3.63) is 47.9 Å². The van der Waals surface area contributed by atoms with Gasteiger partial charge < -0.3 is 34.2 Å². The average Bonchev–Trinajstić information content (AvgIpc) is 3.88. The molecule has 0 spiro atoms. The fraction of sp³-hybridized carbons (Fsp3) is 0.553. The van der Waals surface area contributed by atoms with Gasteiger partial charge in [0, 0.05) is 50.5 Å². The molecule has 2 aliphatic heterocycles. The Morgan fingerprint density at radius 1 is 1.06 bits per heavy atom. The molecule has 10 nitrogen and oxygen atoms in total. The molecule has 4 heterocycles. The van der Waals surface area contributed by atoms with Gasteiger partial charge >= 0.3 is 6.01 Å². The number of hydrogen-bond acceptors (Lipinski definition) is 10. The Kier molecular flexibility index (Phi) is 9.62. The number of fused-ring (bicyclic) bond motifs is 2. The van der Waals surface area contributed by atoms with Crippen LogP contribution in [-0.4, -0.2) is 95.5 Å². The molecule has 11 heteroatoms. The maximum Gasteiger partial charge on any atom is 0.319 e. The van der Waals surface area contributed by atoms with E-state index in [1.807, 2.05) is 36.1 Å². The molecule has 0 radical (unpaired) electrons. The highest BCUT2D eigenvalue weighted by Crippen LogP contribution is 2.47. The van der Waals surface area contributed by atoms with Crippen molar-refractivity contribution in [3.63, 3.8) is 0 Å². The molecule has 2 aromatic carbocycles. The van der Waals surface area contributed by atoms with Crippen LogP contribution in [0.15, 0.2) is 36.5 Å². The number of aryl methyl sites for hydroxylation is 1. The topological polar surface area (TPSA) is 113 Å². The minimum Gasteiger partial charge on any atom is -0.468 e. The Morgan fingerprint density at radius 3 is 2.59 bits per heavy atom. The summed E-state index contributed by atoms with van der Waals surface area (Å²) in [6.07, 6.45) is 8.00. The van der Waals surface area contributed by atoms with Crippen molar-refractivity contribution in [1.82, 2.24) is 19.9 Å². The van der Waals surface area contributed by atoms with E-state index in [0.717, 1.165) is 74.5 Å². The van der Waals surface area contributed by atoms with Crippen LogP contribution in [0.5, 0.6) is 11.8 Å². The van der Waals surface area contributed by atoms with Crippen molar-refractivity contribution < 1.29 is 28.8 Å². The molecule has 1 atom stereocenters. The van der Waals surface area contributed by atoms with Crippen molar-refractivity contribution >= 4 is 27.5 Å². The van der Waals surface area contributed by atoms with Crippen LogP contribution in [0.4, 0.5) is 10.2 Å². The Hall–Kier alpha value is -3.64. The summed E-state index contributed by atoms with van der Waals surface area (Å²) in [6, 6.07) is 9.93. The standard InChI is InChI=1S/C38H48FN5O5/c1-4-26-7-5-8-27-17-28(49-24-47-3)18-29(31(26)27)33-32(39)34-30(19-40-33)35(44-14-6-11-37(2,46)21-44)42-36(41-34)48-23-38(12-13-38)22-43-15-9-25(20-45)10-16-43/h5,7-8,17-19,25,45-46H,4,6,9-16,20-24H2,1-3H3/t37-/m1/s1. The molecule has 0 bridgehead atoms. The van der Waals surface area contributed by atoms with Crippen molar-refractivity contribution in [2.45, 2.75) is 64.4 Å². The van der Waals surface area contributed by atoms with Crippen LogP contribution < -0.4 is 14.4 Å². The second-order valence-corrected chi connectivity index (χ2v) is 14.6. The third-order valence-corrected chi connectivity index (χ3v) is 10.6. The lowest BCUT2D eigenvalue weighted by Gasteiger charge is -2.38. The first kappa shape index (κ1) is 33.8. The van der Waals surface area contributed by atoms with Gasteiger partial charge in [-0.15, -0.1) is 0 Å². The number of aromatic nitrogens is 3. The maximum absolute atomic E-state index is 17.1. The van der Waals surface area contributed by atoms with Crippen LogP contribution in [0.3, 0.4) is 0 Å². The monoisotopic (exact) mass is 673 g/mol. The highest BCUT2D eigenvalue weighted by atomic mass is 19.1. The molecule has 2 saturated heterocycles. The quantitative estimate of drug-likeness (QED) is 0.181. The normalized spacial score (nSPS) is 21.4. The Morgan fingerprint density at radius 2 is 1.88 bits per heavy atom. The second kappa shape index (κ2) is 13.9. The number of aliphatic hydroxyl groups is 2. The summed E-state index contributed by atoms with van der Waals surface area (Å²) in [4.78, 5) is 18.8. The zero-order valence-electron chi connectivity index (χ0n) is 28.9. The van der Waals surface area contributed by atoms with E-state index in [1.165, 1.54) is 0 Å². The van der Waals surface area contributed by atoms with Crippen molar-refractivity contribution in [1.29, 1.82) is 0 Å². The number of benzene rings is 2. The minimum absolute atomic E-state index is 0.0133. The molecule has 2 aromatic heterocycles. The molecule has 7 rings (SSSR count). The summed E-state index contributed by atoms with van der Waals surface area (Å²) in [6.45, 7) is 8.58. The van der Waals surface area contributed by atoms with Gasteiger partial charge in [-0.05, 0) is 99.3 Å². The molecule has 1 saturated carbocycles. The van der Waals surface area contributed by atoms with Crippen LogP contribution in [0, 0.1) is 17.2 Å². The van der Waals surface area contributed by atoms with Gasteiger partial charge in [-0.2, -0.15) is 9.97 Å². The first-order valence-electron chi connectivity index (χ1n) is 17.7. The summed E-state index contributed by atoms with van der Waals surface area (Å²) in [7, 11) is 1.56. The molecule has 49 heavy (non-hydrogen) atoms. The lowest BCUT2D eigenvalue weighted by atomic mass is 9.94. The molecule has 2 N–H and O–H groups in total. The summed E-state index contributed by atoms with van der Waals surface area (Å²) >= 11 is 0. The SMILES string of the molecule is CCc1cccc2cc(OCOC)cc(-c3ncc4c(N5CCC[C@@](C)(O)C5)nc(OCC5(CN6CCC(CO)CC6)CC5)nc4c3F)c12. The number of ether oxygens (including phenoxy) is 3. The molecule has 4 aromatic rings. The summed E-state index contributed by atoms with van der Waals surface area (Å²) in [5.41, 5.74) is 1.11. The fourth-order valence-corrected chi connectivity index (χ4v) is 7.63. The molecule has 0 amide bonds. The molecular weight excluding hydrogens is 625 g/mol. The number of hydrogen-bond donors (Lipinski definition) is 2. The van der Waals surface area contributed by atoms with Crippen molar-refractivity contribution in [2.24, 2.45) is 11.3 Å². The number of likely N-dealkylation sites (tertiary alicyclic amines) is 1. The number of nitrogens with zero attached hydrogens (tertiary/aromatic N) is 5. The summed E-state index contributed by atoms with van der Waals surface area (Å²) < 4.78 is 34.4. The van der Waals surface area contributed by atoms with Gasteiger partial charge in [-0.25, -0.2) is 4.39 Å². The number of aliphatic hydroxyl groups excluding tert-OH is 1. The lowest BCUT2D eigenvalue weighted by molar-refractivity contribution is 0.0447. The number of piperidine rings is 2. The van der Waals surface area contributed by atoms with Gasteiger partial charge in [0.15, 0.2) is 12.6 Å². The number of rotatable bonds is 12. The Labute approximate surface area is 287 Å². The molecule has 3 aliphatic rings. The Bertz CT molecular complexity index is 1810. The van der Waals surface area contributed by atoms with Crippen molar-refractivity contribution in [3.8, 4) is 23.0 Å². The third-order valence-electron chi connectivity index (χ3n) is 10.6. The molecule has 1 aliphatic carbocycles. The average molecular weight is 674 g/mol. The van der Waals surface area contributed by atoms with Gasteiger partial charge in [-0.1, -0.05) is 25.1 Å². The van der Waals surface area contributed by atoms with E-state index < -0.39 is 11.4 Å². The Balaban J connectivity index is 1.28. The smallest absolute Gasteiger partial charge is 0.319 e. The molecule has 0 unspecified atom stereocenters.